The summed E-state index contributed by atoms with van der Waals surface area (Å²) < 4.78 is 0. The van der Waals surface area contributed by atoms with Gasteiger partial charge in [0.25, 0.3) is 0 Å². The molecular weight excluding hydrogens is 86.1 g/mol. The van der Waals surface area contributed by atoms with E-state index in [-0.39, 0.29) is 0 Å². The zero-order valence-corrected chi connectivity index (χ0v) is 5.44. The van der Waals surface area contributed by atoms with Crippen LogP contribution in [-0.4, -0.2) is 6.04 Å². The summed E-state index contributed by atoms with van der Waals surface area (Å²) in [6, 6.07) is 0.366. The van der Waals surface area contributed by atoms with E-state index in [1.54, 1.807) is 0 Å². The second-order valence-electron chi connectivity index (χ2n) is 2.24. The van der Waals surface area contributed by atoms with E-state index < -0.39 is 0 Å². The fraction of sp³-hybridized carbons (Fsp3) is 1.00. The second kappa shape index (κ2) is 3.03. The molecule has 0 fully saturated rings. The maximum Gasteiger partial charge on any atom is 0.00360 e. The SMILES string of the molecule is CC[C@@H](C)[C@@H](C)N. The molecule has 2 N–H and O–H groups in total. The van der Waals surface area contributed by atoms with Gasteiger partial charge in [0.15, 0.2) is 0 Å². The van der Waals surface area contributed by atoms with Crippen molar-refractivity contribution in [2.24, 2.45) is 11.7 Å². The van der Waals surface area contributed by atoms with E-state index in [4.69, 9.17) is 5.73 Å². The van der Waals surface area contributed by atoms with E-state index in [2.05, 4.69) is 13.8 Å². The predicted octanol–water partition coefficient (Wildman–Crippen LogP) is 1.38. The first-order valence-corrected chi connectivity index (χ1v) is 2.94. The topological polar surface area (TPSA) is 26.0 Å². The van der Waals surface area contributed by atoms with E-state index in [0.29, 0.717) is 12.0 Å². The average Bonchev–Trinajstić information content (AvgIpc) is 1.65. The molecule has 2 atom stereocenters. The van der Waals surface area contributed by atoms with Gasteiger partial charge in [-0.2, -0.15) is 0 Å². The minimum Gasteiger partial charge on any atom is -0.328 e. The molecule has 0 aromatic rings. The van der Waals surface area contributed by atoms with Crippen LogP contribution in [0.4, 0.5) is 0 Å². The van der Waals surface area contributed by atoms with E-state index in [1.165, 1.54) is 6.42 Å². The Morgan fingerprint density at radius 1 is 1.43 bits per heavy atom. The van der Waals surface area contributed by atoms with Crippen LogP contribution in [0.5, 0.6) is 0 Å². The third-order valence-corrected chi connectivity index (χ3v) is 1.54. The van der Waals surface area contributed by atoms with Crippen molar-refractivity contribution < 1.29 is 0 Å². The largest absolute Gasteiger partial charge is 0.328 e. The summed E-state index contributed by atoms with van der Waals surface area (Å²) in [5, 5.41) is 0. The van der Waals surface area contributed by atoms with Gasteiger partial charge in [-0.25, -0.2) is 0 Å². The van der Waals surface area contributed by atoms with Crippen LogP contribution in [0.2, 0.25) is 0 Å². The average molecular weight is 101 g/mol. The number of rotatable bonds is 2. The van der Waals surface area contributed by atoms with Crippen molar-refractivity contribution in [2.45, 2.75) is 33.2 Å². The van der Waals surface area contributed by atoms with E-state index in [9.17, 15) is 0 Å². The zero-order chi connectivity index (χ0) is 5.86. The van der Waals surface area contributed by atoms with Crippen molar-refractivity contribution in [3.05, 3.63) is 0 Å². The number of hydrogen-bond acceptors (Lipinski definition) is 1. The summed E-state index contributed by atoms with van der Waals surface area (Å²) in [6.45, 7) is 6.38. The Balaban J connectivity index is 3.14. The summed E-state index contributed by atoms with van der Waals surface area (Å²) >= 11 is 0. The minimum absolute atomic E-state index is 0.366. The van der Waals surface area contributed by atoms with Gasteiger partial charge in [0.1, 0.15) is 0 Å². The second-order valence-corrected chi connectivity index (χ2v) is 2.24. The van der Waals surface area contributed by atoms with Crippen LogP contribution in [0.15, 0.2) is 0 Å². The van der Waals surface area contributed by atoms with Gasteiger partial charge >= 0.3 is 0 Å². The van der Waals surface area contributed by atoms with E-state index in [0.717, 1.165) is 0 Å². The lowest BCUT2D eigenvalue weighted by Crippen LogP contribution is -2.23. The highest BCUT2D eigenvalue weighted by Gasteiger charge is 2.01. The van der Waals surface area contributed by atoms with Crippen molar-refractivity contribution in [3.8, 4) is 0 Å². The highest BCUT2D eigenvalue weighted by Crippen LogP contribution is 2.02. The molecule has 0 radical (unpaired) electrons. The van der Waals surface area contributed by atoms with Crippen LogP contribution in [0.3, 0.4) is 0 Å². The Labute approximate surface area is 45.9 Å². The monoisotopic (exact) mass is 101 g/mol. The molecule has 44 valence electrons. The normalized spacial score (nSPS) is 18.9. The van der Waals surface area contributed by atoms with Crippen molar-refractivity contribution in [3.63, 3.8) is 0 Å². The standard InChI is InChI=1S/C6H15N/c1-4-5(2)6(3)7/h5-6H,4,7H2,1-3H3/t5-,6-/m1/s1. The minimum atomic E-state index is 0.366. The molecule has 0 rings (SSSR count). The zero-order valence-electron chi connectivity index (χ0n) is 5.44. The maximum absolute atomic E-state index is 5.55. The van der Waals surface area contributed by atoms with E-state index in [1.807, 2.05) is 6.92 Å². The maximum atomic E-state index is 5.55. The molecule has 0 saturated heterocycles. The molecule has 0 aliphatic rings. The van der Waals surface area contributed by atoms with Crippen molar-refractivity contribution in [1.82, 2.24) is 0 Å². The number of hydrogen-bond donors (Lipinski definition) is 1. The summed E-state index contributed by atoms with van der Waals surface area (Å²) in [4.78, 5) is 0. The molecule has 0 aromatic carbocycles. The van der Waals surface area contributed by atoms with Crippen molar-refractivity contribution >= 4 is 0 Å². The lowest BCUT2D eigenvalue weighted by atomic mass is 10.0. The Bertz CT molecular complexity index is 41.4. The van der Waals surface area contributed by atoms with Crippen molar-refractivity contribution in [2.75, 3.05) is 0 Å². The molecule has 0 aliphatic heterocycles. The molecule has 0 spiro atoms. The molecule has 0 heterocycles. The van der Waals surface area contributed by atoms with Crippen LogP contribution >= 0.6 is 0 Å². The number of nitrogens with two attached hydrogens (primary N) is 1. The third kappa shape index (κ3) is 2.63. The molecule has 0 amide bonds. The van der Waals surface area contributed by atoms with Crippen LogP contribution in [-0.2, 0) is 0 Å². The Kier molecular flexibility index (Phi) is 3.01. The molecular formula is C6H15N. The molecule has 0 aliphatic carbocycles. The van der Waals surface area contributed by atoms with E-state index >= 15 is 0 Å². The van der Waals surface area contributed by atoms with Gasteiger partial charge in [0.2, 0.25) is 0 Å². The lowest BCUT2D eigenvalue weighted by molar-refractivity contribution is 0.470. The molecule has 1 heteroatoms. The lowest BCUT2D eigenvalue weighted by Gasteiger charge is -2.10. The predicted molar refractivity (Wildman–Crippen MR) is 33.1 cm³/mol. The molecule has 0 aromatic heterocycles. The molecule has 0 saturated carbocycles. The van der Waals surface area contributed by atoms with Crippen LogP contribution in [0.1, 0.15) is 27.2 Å². The molecule has 1 nitrogen and oxygen atoms in total. The van der Waals surface area contributed by atoms with Gasteiger partial charge in [-0.3, -0.25) is 0 Å². The summed E-state index contributed by atoms with van der Waals surface area (Å²) in [7, 11) is 0. The van der Waals surface area contributed by atoms with Gasteiger partial charge in [-0.1, -0.05) is 20.3 Å². The van der Waals surface area contributed by atoms with Gasteiger partial charge in [0, 0.05) is 6.04 Å². The van der Waals surface area contributed by atoms with Gasteiger partial charge in [0.05, 0.1) is 0 Å². The highest BCUT2D eigenvalue weighted by atomic mass is 14.6. The Morgan fingerprint density at radius 3 is 1.86 bits per heavy atom. The first-order chi connectivity index (χ1) is 3.18. The van der Waals surface area contributed by atoms with Gasteiger partial charge in [-0.05, 0) is 12.8 Å². The van der Waals surface area contributed by atoms with Crippen molar-refractivity contribution in [1.29, 1.82) is 0 Å². The third-order valence-electron chi connectivity index (χ3n) is 1.54. The fourth-order valence-electron chi connectivity index (χ4n) is 0.372. The first-order valence-electron chi connectivity index (χ1n) is 2.94. The van der Waals surface area contributed by atoms with Crippen LogP contribution in [0.25, 0.3) is 0 Å². The smallest absolute Gasteiger partial charge is 0.00360 e. The Hall–Kier alpha value is -0.0400. The molecule has 0 unspecified atom stereocenters. The quantitative estimate of drug-likeness (QED) is 0.558. The molecule has 7 heavy (non-hydrogen) atoms. The van der Waals surface area contributed by atoms with Gasteiger partial charge in [-0.15, -0.1) is 0 Å². The van der Waals surface area contributed by atoms with Gasteiger partial charge < -0.3 is 5.73 Å². The molecule has 0 bridgehead atoms. The fourth-order valence-corrected chi connectivity index (χ4v) is 0.372. The summed E-state index contributed by atoms with van der Waals surface area (Å²) in [5.74, 6) is 0.681. The summed E-state index contributed by atoms with van der Waals surface area (Å²) in [6.07, 6.45) is 1.19. The Morgan fingerprint density at radius 2 is 1.86 bits per heavy atom. The first kappa shape index (κ1) is 6.96. The van der Waals surface area contributed by atoms with Crippen LogP contribution in [0, 0.1) is 5.92 Å². The highest BCUT2D eigenvalue weighted by molar-refractivity contribution is 4.59. The van der Waals surface area contributed by atoms with Crippen LogP contribution < -0.4 is 5.73 Å². The summed E-state index contributed by atoms with van der Waals surface area (Å²) in [5.41, 5.74) is 5.55.